The first-order valence-corrected chi connectivity index (χ1v) is 14.7. The Labute approximate surface area is 232 Å². The van der Waals surface area contributed by atoms with Crippen molar-refractivity contribution < 1.29 is 26.7 Å². The third-order valence-corrected chi connectivity index (χ3v) is 10.3. The molecule has 1 aliphatic heterocycles. The van der Waals surface area contributed by atoms with Crippen molar-refractivity contribution in [3.8, 4) is 5.88 Å². The van der Waals surface area contributed by atoms with E-state index in [9.17, 15) is 13.2 Å². The van der Waals surface area contributed by atoms with E-state index in [1.807, 2.05) is 37.3 Å². The van der Waals surface area contributed by atoms with E-state index in [2.05, 4.69) is 31.1 Å². The van der Waals surface area contributed by atoms with Gasteiger partial charge < -0.3 is 15.8 Å². The first-order chi connectivity index (χ1) is 17.6. The topological polar surface area (TPSA) is 115 Å². The Morgan fingerprint density at radius 1 is 1.26 bits per heavy atom. The van der Waals surface area contributed by atoms with Gasteiger partial charge in [-0.1, -0.05) is 51.1 Å². The summed E-state index contributed by atoms with van der Waals surface area (Å²) in [6, 6.07) is 10.9. The molecule has 204 valence electrons. The zero-order valence-corrected chi connectivity index (χ0v) is 24.4. The third kappa shape index (κ3) is 5.70. The Morgan fingerprint density at radius 3 is 2.47 bits per heavy atom. The van der Waals surface area contributed by atoms with Crippen molar-refractivity contribution in [1.29, 1.82) is 0 Å². The lowest BCUT2D eigenvalue weighted by molar-refractivity contribution is 0.0905. The average Bonchev–Trinajstić information content (AvgIpc) is 3.21. The summed E-state index contributed by atoms with van der Waals surface area (Å²) in [5.74, 6) is -2.88. The molecule has 0 aliphatic carbocycles. The second-order valence-electron chi connectivity index (χ2n) is 10.5. The van der Waals surface area contributed by atoms with Gasteiger partial charge in [-0.05, 0) is 34.5 Å². The number of hydrogen-bond acceptors (Lipinski definition) is 8. The van der Waals surface area contributed by atoms with Crippen LogP contribution in [0, 0.1) is 11.6 Å². The van der Waals surface area contributed by atoms with Gasteiger partial charge in [-0.3, -0.25) is 4.90 Å². The number of benzene rings is 2. The van der Waals surface area contributed by atoms with E-state index in [1.54, 1.807) is 20.8 Å². The summed E-state index contributed by atoms with van der Waals surface area (Å²) in [6.07, 6.45) is -1.19. The summed E-state index contributed by atoms with van der Waals surface area (Å²) in [5.41, 5.74) is 5.17. The molecule has 1 saturated heterocycles. The molecule has 4 rings (SSSR count). The van der Waals surface area contributed by atoms with Crippen LogP contribution < -0.4 is 15.8 Å². The van der Waals surface area contributed by atoms with Crippen LogP contribution in [0.1, 0.15) is 38.1 Å². The summed E-state index contributed by atoms with van der Waals surface area (Å²) in [7, 11) is -4.76. The Kier molecular flexibility index (Phi) is 7.60. The molecule has 1 amide bonds. The highest BCUT2D eigenvalue weighted by molar-refractivity contribution is 9.10. The maximum absolute atomic E-state index is 15.5. The Bertz CT molecular complexity index is 1490. The number of hydrogen-bond donors (Lipinski definition) is 2. The number of ether oxygens (including phenoxy) is 1. The lowest BCUT2D eigenvalue weighted by Gasteiger charge is -2.49. The molecule has 0 atom stereocenters. The highest BCUT2D eigenvalue weighted by Gasteiger charge is 2.40. The summed E-state index contributed by atoms with van der Waals surface area (Å²) in [5, 5.41) is 3.15. The molecule has 0 saturated carbocycles. The predicted octanol–water partition coefficient (Wildman–Crippen LogP) is 5.46. The highest BCUT2D eigenvalue weighted by Crippen LogP contribution is 2.42. The minimum atomic E-state index is -4.76. The van der Waals surface area contributed by atoms with E-state index in [0.29, 0.717) is 24.4 Å². The van der Waals surface area contributed by atoms with Crippen LogP contribution in [-0.4, -0.2) is 43.0 Å². The number of aromatic nitrogens is 1. The van der Waals surface area contributed by atoms with Crippen LogP contribution in [0.4, 0.5) is 19.3 Å². The van der Waals surface area contributed by atoms with E-state index < -0.39 is 47.8 Å². The fourth-order valence-electron chi connectivity index (χ4n) is 4.34. The number of nitrogens with one attached hydrogen (secondary N) is 1. The predicted molar refractivity (Wildman–Crippen MR) is 144 cm³/mol. The van der Waals surface area contributed by atoms with Gasteiger partial charge in [0.15, 0.2) is 5.82 Å². The number of carbonyl (C=O) groups is 1. The third-order valence-electron chi connectivity index (χ3n) is 5.90. The van der Waals surface area contributed by atoms with Gasteiger partial charge in [-0.25, -0.2) is 22.0 Å². The standard InChI is InChI=1S/C25H27BrF2N4O4S2/c1-24(2,3)20-21(36-22(29)33)30-23(37-20)38(34,35)19-15(27)10-16(17(26)18(19)28)31-25(4)12-32(13-25)11-14-8-6-5-7-9-14/h5-10,31H,11-13H2,1-4H3,(H2,29,33). The largest absolute Gasteiger partial charge is 0.411 e. The van der Waals surface area contributed by atoms with Crippen LogP contribution >= 0.6 is 27.3 Å². The molecule has 1 aliphatic rings. The number of thiazole rings is 1. The van der Waals surface area contributed by atoms with Crippen molar-refractivity contribution in [2.24, 2.45) is 5.73 Å². The number of amides is 1. The molecule has 3 aromatic rings. The van der Waals surface area contributed by atoms with Crippen molar-refractivity contribution in [2.45, 2.75) is 54.4 Å². The number of sulfone groups is 1. The molecule has 3 N–H and O–H groups in total. The van der Waals surface area contributed by atoms with Gasteiger partial charge in [-0.15, -0.1) is 11.3 Å². The summed E-state index contributed by atoms with van der Waals surface area (Å²) >= 11 is 3.76. The fourth-order valence-corrected chi connectivity index (χ4v) is 7.64. The first kappa shape index (κ1) is 28.4. The van der Waals surface area contributed by atoms with Gasteiger partial charge >= 0.3 is 6.09 Å². The molecule has 2 aromatic carbocycles. The van der Waals surface area contributed by atoms with Crippen LogP contribution in [0.5, 0.6) is 5.88 Å². The number of anilines is 1. The van der Waals surface area contributed by atoms with Gasteiger partial charge in [0.1, 0.15) is 10.7 Å². The number of halogens is 3. The molecule has 0 bridgehead atoms. The summed E-state index contributed by atoms with van der Waals surface area (Å²) in [6.45, 7) is 9.13. The SMILES string of the molecule is CC1(Nc2cc(F)c(S(=O)(=O)c3nc(OC(N)=O)c(C(C)(C)C)s3)c(F)c2Br)CN(Cc2ccccc2)C1. The van der Waals surface area contributed by atoms with Crippen molar-refractivity contribution in [3.63, 3.8) is 0 Å². The number of nitrogens with two attached hydrogens (primary N) is 1. The van der Waals surface area contributed by atoms with Crippen LogP contribution in [0.3, 0.4) is 0 Å². The molecule has 38 heavy (non-hydrogen) atoms. The second kappa shape index (κ2) is 10.2. The van der Waals surface area contributed by atoms with E-state index in [-0.39, 0.29) is 20.9 Å². The van der Waals surface area contributed by atoms with Crippen LogP contribution in [0.15, 0.2) is 50.1 Å². The van der Waals surface area contributed by atoms with E-state index in [0.717, 1.165) is 18.2 Å². The van der Waals surface area contributed by atoms with Gasteiger partial charge in [0.05, 0.1) is 20.6 Å². The molecule has 1 aromatic heterocycles. The minimum Gasteiger partial charge on any atom is -0.390 e. The van der Waals surface area contributed by atoms with Gasteiger partial charge in [0.25, 0.3) is 0 Å². The number of rotatable bonds is 7. The van der Waals surface area contributed by atoms with Crippen molar-refractivity contribution in [3.05, 3.63) is 62.9 Å². The number of primary amides is 1. The van der Waals surface area contributed by atoms with Gasteiger partial charge in [0.2, 0.25) is 20.1 Å². The van der Waals surface area contributed by atoms with Gasteiger partial charge in [0, 0.05) is 25.0 Å². The summed E-state index contributed by atoms with van der Waals surface area (Å²) in [4.78, 5) is 16.5. The zero-order chi connectivity index (χ0) is 28.0. The van der Waals surface area contributed by atoms with E-state index >= 15 is 8.78 Å². The molecule has 0 spiro atoms. The van der Waals surface area contributed by atoms with Crippen molar-refractivity contribution in [2.75, 3.05) is 18.4 Å². The Balaban J connectivity index is 1.61. The minimum absolute atomic E-state index is 0.0908. The molecule has 1 fully saturated rings. The maximum Gasteiger partial charge on any atom is 0.411 e. The molecule has 13 heteroatoms. The average molecular weight is 630 g/mol. The lowest BCUT2D eigenvalue weighted by Crippen LogP contribution is -2.63. The highest BCUT2D eigenvalue weighted by atomic mass is 79.9. The lowest BCUT2D eigenvalue weighted by atomic mass is 9.91. The number of carbonyl (C=O) groups excluding carboxylic acids is 1. The van der Waals surface area contributed by atoms with Crippen LogP contribution in [0.2, 0.25) is 0 Å². The van der Waals surface area contributed by atoms with E-state index in [1.165, 1.54) is 0 Å². The smallest absolute Gasteiger partial charge is 0.390 e. The first-order valence-electron chi connectivity index (χ1n) is 11.6. The molecular weight excluding hydrogens is 602 g/mol. The molecule has 8 nitrogen and oxygen atoms in total. The molecule has 2 heterocycles. The molecule has 0 radical (unpaired) electrons. The van der Waals surface area contributed by atoms with Crippen molar-refractivity contribution in [1.82, 2.24) is 9.88 Å². The van der Waals surface area contributed by atoms with Gasteiger partial charge in [-0.2, -0.15) is 4.98 Å². The fraction of sp³-hybridized carbons (Fsp3) is 0.360. The van der Waals surface area contributed by atoms with E-state index in [4.69, 9.17) is 10.5 Å². The van der Waals surface area contributed by atoms with Crippen LogP contribution in [-0.2, 0) is 21.8 Å². The molecular formula is C25H27BrF2N4O4S2. The summed E-state index contributed by atoms with van der Waals surface area (Å²) < 4.78 is 61.4. The number of nitrogens with zero attached hydrogens (tertiary/aromatic N) is 2. The molecule has 0 unspecified atom stereocenters. The second-order valence-corrected chi connectivity index (χ2v) is 14.3. The van der Waals surface area contributed by atoms with Crippen LogP contribution in [0.25, 0.3) is 0 Å². The quantitative estimate of drug-likeness (QED) is 0.334. The maximum atomic E-state index is 15.5. The normalized spacial score (nSPS) is 15.7. The Morgan fingerprint density at radius 2 is 1.89 bits per heavy atom. The Hall–Kier alpha value is -2.61. The van der Waals surface area contributed by atoms with Crippen molar-refractivity contribution >= 4 is 48.9 Å². The monoisotopic (exact) mass is 628 g/mol. The zero-order valence-electron chi connectivity index (χ0n) is 21.1. The number of likely N-dealkylation sites (tertiary alicyclic amines) is 1.